The molecule has 0 spiro atoms. The van der Waals surface area contributed by atoms with E-state index in [1.54, 1.807) is 18.2 Å². The zero-order valence-corrected chi connectivity index (χ0v) is 16.3. The number of esters is 1. The Kier molecular flexibility index (Phi) is 6.94. The molecule has 0 radical (unpaired) electrons. The summed E-state index contributed by atoms with van der Waals surface area (Å²) in [7, 11) is 1.30. The molecule has 0 saturated carbocycles. The van der Waals surface area contributed by atoms with E-state index in [1.807, 2.05) is 45.0 Å². The van der Waals surface area contributed by atoms with Crippen LogP contribution in [0.15, 0.2) is 42.0 Å². The first kappa shape index (κ1) is 20.7. The highest BCUT2D eigenvalue weighted by molar-refractivity contribution is 6.10. The molecule has 0 unspecified atom stereocenters. The number of nitrogens with one attached hydrogen (secondary N) is 1. The van der Waals surface area contributed by atoms with Crippen LogP contribution in [0.3, 0.4) is 0 Å². The molecule has 0 aliphatic carbocycles. The normalized spacial score (nSPS) is 10.8. The average Bonchev–Trinajstić information content (AvgIpc) is 2.66. The number of benzene rings is 2. The molecule has 0 fully saturated rings. The van der Waals surface area contributed by atoms with Crippen molar-refractivity contribution < 1.29 is 19.1 Å². The highest BCUT2D eigenvalue weighted by Crippen LogP contribution is 2.26. The lowest BCUT2D eigenvalue weighted by atomic mass is 10.0. The minimum Gasteiger partial charge on any atom is -0.481 e. The van der Waals surface area contributed by atoms with Gasteiger partial charge in [-0.05, 0) is 67.3 Å². The van der Waals surface area contributed by atoms with Gasteiger partial charge in [0.15, 0.2) is 6.61 Å². The third-order valence-corrected chi connectivity index (χ3v) is 4.11. The van der Waals surface area contributed by atoms with Crippen molar-refractivity contribution in [2.24, 2.45) is 0 Å². The summed E-state index contributed by atoms with van der Waals surface area (Å²) in [4.78, 5) is 23.7. The number of para-hydroxylation sites is 1. The molecule has 28 heavy (non-hydrogen) atoms. The molecule has 2 aromatic carbocycles. The Morgan fingerprint density at radius 3 is 2.32 bits per heavy atom. The zero-order chi connectivity index (χ0) is 20.7. The van der Waals surface area contributed by atoms with Gasteiger partial charge in [0.1, 0.15) is 17.4 Å². The van der Waals surface area contributed by atoms with Crippen LogP contribution < -0.4 is 10.1 Å². The minimum atomic E-state index is -0.474. The molecule has 1 N–H and O–H groups in total. The fraction of sp³-hybridized carbons (Fsp3) is 0.227. The molecule has 0 heterocycles. The van der Waals surface area contributed by atoms with Crippen LogP contribution in [0.2, 0.25) is 0 Å². The number of nitrogens with zero attached hydrogens (tertiary/aromatic N) is 1. The van der Waals surface area contributed by atoms with Gasteiger partial charge in [0.25, 0.3) is 5.91 Å². The van der Waals surface area contributed by atoms with Gasteiger partial charge in [0.05, 0.1) is 7.11 Å². The first-order chi connectivity index (χ1) is 13.3. The Bertz CT molecular complexity index is 948. The third-order valence-electron chi connectivity index (χ3n) is 4.11. The van der Waals surface area contributed by atoms with Crippen LogP contribution in [0.4, 0.5) is 5.69 Å². The molecule has 0 aromatic heterocycles. The van der Waals surface area contributed by atoms with E-state index in [2.05, 4.69) is 10.1 Å². The zero-order valence-electron chi connectivity index (χ0n) is 16.3. The first-order valence-electron chi connectivity index (χ1n) is 8.65. The number of methoxy groups -OCH3 is 1. The molecule has 0 atom stereocenters. The van der Waals surface area contributed by atoms with Crippen LogP contribution in [0.1, 0.15) is 22.3 Å². The van der Waals surface area contributed by atoms with Crippen molar-refractivity contribution in [2.75, 3.05) is 19.0 Å². The largest absolute Gasteiger partial charge is 0.481 e. The van der Waals surface area contributed by atoms with Gasteiger partial charge >= 0.3 is 5.97 Å². The van der Waals surface area contributed by atoms with Crippen LogP contribution in [0, 0.1) is 32.1 Å². The Morgan fingerprint density at radius 1 is 1.11 bits per heavy atom. The van der Waals surface area contributed by atoms with E-state index >= 15 is 0 Å². The van der Waals surface area contributed by atoms with Gasteiger partial charge in [-0.1, -0.05) is 18.2 Å². The molecule has 144 valence electrons. The lowest BCUT2D eigenvalue weighted by molar-refractivity contribution is -0.142. The summed E-state index contributed by atoms with van der Waals surface area (Å²) in [6.07, 6.45) is 1.53. The van der Waals surface area contributed by atoms with E-state index in [-0.39, 0.29) is 12.2 Å². The highest BCUT2D eigenvalue weighted by Gasteiger charge is 2.13. The summed E-state index contributed by atoms with van der Waals surface area (Å²) < 4.78 is 10.1. The first-order valence-corrected chi connectivity index (χ1v) is 8.65. The number of rotatable bonds is 6. The predicted octanol–water partition coefficient (Wildman–Crippen LogP) is 3.71. The van der Waals surface area contributed by atoms with Gasteiger partial charge in [-0.15, -0.1) is 0 Å². The number of hydrogen-bond acceptors (Lipinski definition) is 5. The average molecular weight is 378 g/mol. The quantitative estimate of drug-likeness (QED) is 0.470. The van der Waals surface area contributed by atoms with Crippen molar-refractivity contribution in [3.05, 3.63) is 64.2 Å². The summed E-state index contributed by atoms with van der Waals surface area (Å²) in [5, 5.41) is 12.2. The summed E-state index contributed by atoms with van der Waals surface area (Å²) in [5.41, 5.74) is 3.82. The molecule has 0 saturated heterocycles. The fourth-order valence-electron chi connectivity index (χ4n) is 2.70. The maximum absolute atomic E-state index is 12.5. The van der Waals surface area contributed by atoms with E-state index in [4.69, 9.17) is 4.74 Å². The van der Waals surface area contributed by atoms with E-state index in [9.17, 15) is 14.9 Å². The second kappa shape index (κ2) is 9.38. The van der Waals surface area contributed by atoms with Crippen molar-refractivity contribution in [3.63, 3.8) is 0 Å². The maximum Gasteiger partial charge on any atom is 0.343 e. The van der Waals surface area contributed by atoms with Crippen LogP contribution in [-0.4, -0.2) is 25.6 Å². The number of hydrogen-bond donors (Lipinski definition) is 1. The van der Waals surface area contributed by atoms with Gasteiger partial charge in [-0.3, -0.25) is 4.79 Å². The van der Waals surface area contributed by atoms with E-state index < -0.39 is 11.9 Å². The van der Waals surface area contributed by atoms with Gasteiger partial charge < -0.3 is 14.8 Å². The van der Waals surface area contributed by atoms with Crippen LogP contribution in [-0.2, 0) is 14.3 Å². The topological polar surface area (TPSA) is 88.4 Å². The van der Waals surface area contributed by atoms with Crippen LogP contribution in [0.25, 0.3) is 6.08 Å². The Labute approximate surface area is 164 Å². The monoisotopic (exact) mass is 378 g/mol. The highest BCUT2D eigenvalue weighted by atomic mass is 16.6. The van der Waals surface area contributed by atoms with E-state index in [0.717, 1.165) is 16.7 Å². The second-order valence-electron chi connectivity index (χ2n) is 6.29. The van der Waals surface area contributed by atoms with Crippen molar-refractivity contribution in [3.8, 4) is 11.8 Å². The number of carbonyl (C=O) groups is 2. The van der Waals surface area contributed by atoms with Crippen molar-refractivity contribution >= 4 is 23.6 Å². The SMILES string of the molecule is COC(=O)COc1c(C)cc(C=C(C#N)C(=O)Nc2ccccc2C)cc1C. The lowest BCUT2D eigenvalue weighted by Crippen LogP contribution is -2.14. The molecule has 6 nitrogen and oxygen atoms in total. The van der Waals surface area contributed by atoms with Crippen LogP contribution >= 0.6 is 0 Å². The molecule has 0 bridgehead atoms. The molecule has 1 amide bonds. The maximum atomic E-state index is 12.5. The smallest absolute Gasteiger partial charge is 0.343 e. The van der Waals surface area contributed by atoms with Gasteiger partial charge in [-0.25, -0.2) is 4.79 Å². The summed E-state index contributed by atoms with van der Waals surface area (Å²) in [5.74, 6) is -0.369. The molecular weight excluding hydrogens is 356 g/mol. The summed E-state index contributed by atoms with van der Waals surface area (Å²) in [6.45, 7) is 5.35. The second-order valence-corrected chi connectivity index (χ2v) is 6.29. The summed E-state index contributed by atoms with van der Waals surface area (Å²) in [6, 6.07) is 12.9. The molecular formula is C22H22N2O4. The molecule has 2 aromatic rings. The molecule has 0 aliphatic rings. The number of anilines is 1. The fourth-order valence-corrected chi connectivity index (χ4v) is 2.70. The Morgan fingerprint density at radius 2 is 1.75 bits per heavy atom. The van der Waals surface area contributed by atoms with Crippen molar-refractivity contribution in [1.29, 1.82) is 5.26 Å². The molecule has 0 aliphatic heterocycles. The van der Waals surface area contributed by atoms with Gasteiger partial charge in [0, 0.05) is 5.69 Å². The van der Waals surface area contributed by atoms with Crippen molar-refractivity contribution in [2.45, 2.75) is 20.8 Å². The predicted molar refractivity (Wildman–Crippen MR) is 107 cm³/mol. The summed E-state index contributed by atoms with van der Waals surface area (Å²) >= 11 is 0. The van der Waals surface area contributed by atoms with E-state index in [1.165, 1.54) is 13.2 Å². The number of carbonyl (C=O) groups excluding carboxylic acids is 2. The Balaban J connectivity index is 2.24. The standard InChI is InChI=1S/C22H22N2O4/c1-14-7-5-6-8-19(14)24-22(26)18(12-23)11-17-9-15(2)21(16(3)10-17)28-13-20(25)27-4/h5-11H,13H2,1-4H3,(H,24,26). The molecule has 6 heteroatoms. The number of nitriles is 1. The number of amides is 1. The Hall–Kier alpha value is -3.59. The van der Waals surface area contributed by atoms with Crippen LogP contribution in [0.5, 0.6) is 5.75 Å². The van der Waals surface area contributed by atoms with Gasteiger partial charge in [-0.2, -0.15) is 5.26 Å². The molecule has 2 rings (SSSR count). The van der Waals surface area contributed by atoms with E-state index in [0.29, 0.717) is 17.0 Å². The third kappa shape index (κ3) is 5.21. The number of aryl methyl sites for hydroxylation is 3. The number of ether oxygens (including phenoxy) is 2. The van der Waals surface area contributed by atoms with Gasteiger partial charge in [0.2, 0.25) is 0 Å². The minimum absolute atomic E-state index is 0.00900. The van der Waals surface area contributed by atoms with Crippen molar-refractivity contribution in [1.82, 2.24) is 0 Å². The lowest BCUT2D eigenvalue weighted by Gasteiger charge is -2.12.